The van der Waals surface area contributed by atoms with Crippen molar-refractivity contribution in [1.82, 2.24) is 10.6 Å². The van der Waals surface area contributed by atoms with E-state index in [1.165, 1.54) is 0 Å². The van der Waals surface area contributed by atoms with Crippen LogP contribution in [-0.2, 0) is 9.59 Å². The van der Waals surface area contributed by atoms with Gasteiger partial charge in [-0.1, -0.05) is 13.8 Å². The molecular formula is C12H22N2O4. The third-order valence-corrected chi connectivity index (χ3v) is 3.02. The minimum absolute atomic E-state index is 0.0364. The van der Waals surface area contributed by atoms with Gasteiger partial charge >= 0.3 is 12.0 Å². The lowest BCUT2D eigenvalue weighted by Crippen LogP contribution is -2.50. The lowest BCUT2D eigenvalue weighted by atomic mass is 9.96. The van der Waals surface area contributed by atoms with E-state index in [4.69, 9.17) is 5.11 Å². The fourth-order valence-corrected chi connectivity index (χ4v) is 1.32. The number of hydrogen-bond donors (Lipinski definition) is 3. The fourth-order valence-electron chi connectivity index (χ4n) is 1.32. The van der Waals surface area contributed by atoms with Gasteiger partial charge in [-0.2, -0.15) is 0 Å². The Kier molecular flexibility index (Phi) is 7.00. The fraction of sp³-hybridized carbons (Fsp3) is 0.750. The average molecular weight is 258 g/mol. The molecule has 0 aromatic rings. The smallest absolute Gasteiger partial charge is 0.321 e. The molecule has 0 saturated carbocycles. The van der Waals surface area contributed by atoms with Crippen LogP contribution in [0.3, 0.4) is 0 Å². The second kappa shape index (κ2) is 7.68. The topological polar surface area (TPSA) is 95.5 Å². The molecule has 3 N–H and O–H groups in total. The summed E-state index contributed by atoms with van der Waals surface area (Å²) < 4.78 is 0. The number of carboxylic acids is 1. The Balaban J connectivity index is 4.01. The van der Waals surface area contributed by atoms with Crippen LogP contribution in [0.1, 0.15) is 52.9 Å². The number of carboxylic acid groups (broad SMARTS) is 1. The van der Waals surface area contributed by atoms with Gasteiger partial charge in [-0.15, -0.1) is 0 Å². The second-order valence-electron chi connectivity index (χ2n) is 4.52. The number of urea groups is 1. The Morgan fingerprint density at radius 2 is 1.67 bits per heavy atom. The number of hydrogen-bond acceptors (Lipinski definition) is 3. The van der Waals surface area contributed by atoms with Crippen molar-refractivity contribution in [1.29, 1.82) is 0 Å². The maximum absolute atomic E-state index is 11.5. The van der Waals surface area contributed by atoms with Crippen LogP contribution in [0.4, 0.5) is 4.79 Å². The van der Waals surface area contributed by atoms with Crippen LogP contribution < -0.4 is 10.6 Å². The van der Waals surface area contributed by atoms with Gasteiger partial charge < -0.3 is 10.4 Å². The molecular weight excluding hydrogens is 236 g/mol. The van der Waals surface area contributed by atoms with E-state index in [-0.39, 0.29) is 24.8 Å². The molecule has 0 atom stereocenters. The molecule has 0 radical (unpaired) electrons. The molecule has 3 amide bonds. The summed E-state index contributed by atoms with van der Waals surface area (Å²) in [5.74, 6) is -1.40. The third-order valence-electron chi connectivity index (χ3n) is 3.02. The van der Waals surface area contributed by atoms with Crippen molar-refractivity contribution in [2.75, 3.05) is 0 Å². The molecule has 0 spiro atoms. The van der Waals surface area contributed by atoms with E-state index in [9.17, 15) is 14.4 Å². The summed E-state index contributed by atoms with van der Waals surface area (Å²) in [6, 6.07) is -0.526. The Morgan fingerprint density at radius 1 is 1.11 bits per heavy atom. The zero-order valence-corrected chi connectivity index (χ0v) is 11.2. The largest absolute Gasteiger partial charge is 0.481 e. The molecule has 0 aliphatic rings. The summed E-state index contributed by atoms with van der Waals surface area (Å²) >= 11 is 0. The number of nitrogens with one attached hydrogen (secondary N) is 2. The summed E-state index contributed by atoms with van der Waals surface area (Å²) in [6.45, 7) is 5.82. The minimum atomic E-state index is -0.947. The monoisotopic (exact) mass is 258 g/mol. The zero-order valence-electron chi connectivity index (χ0n) is 11.2. The van der Waals surface area contributed by atoms with Crippen LogP contribution in [0.5, 0.6) is 0 Å². The number of aliphatic carboxylic acids is 1. The van der Waals surface area contributed by atoms with Crippen LogP contribution in [0.15, 0.2) is 0 Å². The Labute approximate surface area is 107 Å². The molecule has 0 aliphatic carbocycles. The Morgan fingerprint density at radius 3 is 2.11 bits per heavy atom. The number of carbonyl (C=O) groups excluding carboxylic acids is 2. The highest BCUT2D eigenvalue weighted by molar-refractivity contribution is 5.94. The van der Waals surface area contributed by atoms with Gasteiger partial charge in [0.15, 0.2) is 0 Å². The first kappa shape index (κ1) is 16.4. The normalized spacial score (nSPS) is 10.8. The quantitative estimate of drug-likeness (QED) is 0.647. The summed E-state index contributed by atoms with van der Waals surface area (Å²) in [6.07, 6.45) is 1.73. The molecule has 6 nitrogen and oxygen atoms in total. The summed E-state index contributed by atoms with van der Waals surface area (Å²) in [5.41, 5.74) is -0.328. The Bertz CT molecular complexity index is 311. The highest BCUT2D eigenvalue weighted by Crippen LogP contribution is 2.12. The van der Waals surface area contributed by atoms with Gasteiger partial charge in [0, 0.05) is 18.4 Å². The van der Waals surface area contributed by atoms with Crippen LogP contribution in [0.2, 0.25) is 0 Å². The molecule has 0 aliphatic heterocycles. The van der Waals surface area contributed by atoms with E-state index in [0.29, 0.717) is 0 Å². The number of rotatable bonds is 7. The van der Waals surface area contributed by atoms with Gasteiger partial charge in [-0.05, 0) is 26.2 Å². The molecule has 0 rings (SSSR count). The molecule has 6 heteroatoms. The minimum Gasteiger partial charge on any atom is -0.481 e. The van der Waals surface area contributed by atoms with Gasteiger partial charge in [-0.3, -0.25) is 14.9 Å². The number of amides is 3. The van der Waals surface area contributed by atoms with Crippen LogP contribution in [0, 0.1) is 0 Å². The van der Waals surface area contributed by atoms with Gasteiger partial charge in [0.25, 0.3) is 0 Å². The van der Waals surface area contributed by atoms with Crippen molar-refractivity contribution in [3.8, 4) is 0 Å². The van der Waals surface area contributed by atoms with Crippen molar-refractivity contribution in [2.24, 2.45) is 0 Å². The number of carbonyl (C=O) groups is 3. The second-order valence-corrected chi connectivity index (χ2v) is 4.52. The molecule has 0 heterocycles. The first-order chi connectivity index (χ1) is 8.33. The molecule has 104 valence electrons. The average Bonchev–Trinajstić information content (AvgIpc) is 2.28. The van der Waals surface area contributed by atoms with Crippen molar-refractivity contribution >= 4 is 17.9 Å². The molecule has 0 aromatic carbocycles. The first-order valence-corrected chi connectivity index (χ1v) is 6.16. The molecule has 0 aromatic heterocycles. The lowest BCUT2D eigenvalue weighted by Gasteiger charge is -2.27. The van der Waals surface area contributed by atoms with E-state index < -0.39 is 17.9 Å². The number of imide groups is 1. The lowest BCUT2D eigenvalue weighted by molar-refractivity contribution is -0.137. The van der Waals surface area contributed by atoms with Crippen molar-refractivity contribution in [3.05, 3.63) is 0 Å². The van der Waals surface area contributed by atoms with E-state index >= 15 is 0 Å². The zero-order chi connectivity index (χ0) is 14.2. The molecule has 0 saturated heterocycles. The van der Waals surface area contributed by atoms with Crippen LogP contribution >= 0.6 is 0 Å². The molecule has 0 fully saturated rings. The van der Waals surface area contributed by atoms with Gasteiger partial charge in [0.2, 0.25) is 5.91 Å². The summed E-state index contributed by atoms with van der Waals surface area (Å²) in [5, 5.41) is 13.3. The van der Waals surface area contributed by atoms with E-state index in [2.05, 4.69) is 10.6 Å². The van der Waals surface area contributed by atoms with Gasteiger partial charge in [0.05, 0.1) is 0 Å². The predicted molar refractivity (Wildman–Crippen MR) is 67.1 cm³/mol. The highest BCUT2D eigenvalue weighted by atomic mass is 16.4. The standard InChI is InChI=1S/C12H22N2O4/c1-4-12(3,5-2)14-11(18)13-9(15)7-6-8-10(16)17/h4-8H2,1-3H3,(H,16,17)(H2,13,14,15,18). The van der Waals surface area contributed by atoms with Crippen molar-refractivity contribution in [2.45, 2.75) is 58.4 Å². The SMILES string of the molecule is CCC(C)(CC)NC(=O)NC(=O)CCCC(=O)O. The molecule has 0 bridgehead atoms. The Hall–Kier alpha value is -1.59. The van der Waals surface area contributed by atoms with Gasteiger partial charge in [-0.25, -0.2) is 4.79 Å². The van der Waals surface area contributed by atoms with Crippen LogP contribution in [-0.4, -0.2) is 28.6 Å². The third kappa shape index (κ3) is 6.88. The maximum Gasteiger partial charge on any atom is 0.321 e. The molecule has 18 heavy (non-hydrogen) atoms. The van der Waals surface area contributed by atoms with Crippen LogP contribution in [0.25, 0.3) is 0 Å². The van der Waals surface area contributed by atoms with Crippen molar-refractivity contribution < 1.29 is 19.5 Å². The highest BCUT2D eigenvalue weighted by Gasteiger charge is 2.22. The van der Waals surface area contributed by atoms with E-state index in [1.54, 1.807) is 0 Å². The molecule has 0 unspecified atom stereocenters. The van der Waals surface area contributed by atoms with Gasteiger partial charge in [0.1, 0.15) is 0 Å². The summed E-state index contributed by atoms with van der Waals surface area (Å²) in [4.78, 5) is 33.1. The first-order valence-electron chi connectivity index (χ1n) is 6.16. The summed E-state index contributed by atoms with van der Waals surface area (Å²) in [7, 11) is 0. The maximum atomic E-state index is 11.5. The van der Waals surface area contributed by atoms with E-state index in [0.717, 1.165) is 12.8 Å². The van der Waals surface area contributed by atoms with E-state index in [1.807, 2.05) is 20.8 Å². The predicted octanol–water partition coefficient (Wildman–Crippen LogP) is 1.65. The van der Waals surface area contributed by atoms with Crippen molar-refractivity contribution in [3.63, 3.8) is 0 Å².